The Morgan fingerprint density at radius 1 is 1.40 bits per heavy atom. The Morgan fingerprint density at radius 2 is 2.20 bits per heavy atom. The predicted octanol–water partition coefficient (Wildman–Crippen LogP) is 2.55. The van der Waals surface area contributed by atoms with Gasteiger partial charge in [-0.3, -0.25) is 4.79 Å². The lowest BCUT2D eigenvalue weighted by atomic mass is 10.0. The van der Waals surface area contributed by atoms with E-state index in [9.17, 15) is 4.79 Å². The van der Waals surface area contributed by atoms with Gasteiger partial charge in [0.05, 0.1) is 0 Å². The van der Waals surface area contributed by atoms with Gasteiger partial charge in [-0.05, 0) is 31.5 Å². The van der Waals surface area contributed by atoms with Crippen molar-refractivity contribution >= 4 is 11.5 Å². The summed E-state index contributed by atoms with van der Waals surface area (Å²) in [5.74, 6) is 0.395. The van der Waals surface area contributed by atoms with Crippen molar-refractivity contribution in [1.82, 2.24) is 0 Å². The first kappa shape index (κ1) is 10.2. The Morgan fingerprint density at radius 3 is 2.87 bits per heavy atom. The molecule has 1 aromatic carbocycles. The molecule has 1 atom stereocenters. The number of aryl methyl sites for hydroxylation is 1. The number of rotatable bonds is 1. The maximum Gasteiger partial charge on any atom is 0.136 e. The first-order valence-electron chi connectivity index (χ1n) is 5.52. The number of benzene rings is 1. The quantitative estimate of drug-likeness (QED) is 0.699. The van der Waals surface area contributed by atoms with Gasteiger partial charge in [0.2, 0.25) is 0 Å². The van der Waals surface area contributed by atoms with Gasteiger partial charge in [-0.1, -0.05) is 12.1 Å². The highest BCUT2D eigenvalue weighted by molar-refractivity contribution is 5.81. The van der Waals surface area contributed by atoms with E-state index < -0.39 is 0 Å². The molecule has 2 heteroatoms. The van der Waals surface area contributed by atoms with Crippen molar-refractivity contribution in [2.75, 3.05) is 11.4 Å². The van der Waals surface area contributed by atoms with Crippen molar-refractivity contribution in [3.8, 4) is 0 Å². The Balaban J connectivity index is 2.20. The van der Waals surface area contributed by atoms with E-state index in [4.69, 9.17) is 0 Å². The van der Waals surface area contributed by atoms with Crippen LogP contribution in [-0.2, 0) is 4.79 Å². The predicted molar refractivity (Wildman–Crippen MR) is 62.2 cm³/mol. The van der Waals surface area contributed by atoms with Gasteiger partial charge in [0.25, 0.3) is 0 Å². The first-order valence-corrected chi connectivity index (χ1v) is 5.52. The van der Waals surface area contributed by atoms with Crippen LogP contribution in [0.4, 0.5) is 5.69 Å². The van der Waals surface area contributed by atoms with Gasteiger partial charge in [-0.2, -0.15) is 0 Å². The van der Waals surface area contributed by atoms with Gasteiger partial charge in [0.1, 0.15) is 5.78 Å². The van der Waals surface area contributed by atoms with Crippen molar-refractivity contribution in [2.45, 2.75) is 32.7 Å². The topological polar surface area (TPSA) is 20.3 Å². The smallest absolute Gasteiger partial charge is 0.136 e. The molecule has 15 heavy (non-hydrogen) atoms. The number of ketones is 1. The molecule has 1 unspecified atom stereocenters. The summed E-state index contributed by atoms with van der Waals surface area (Å²) in [5, 5.41) is 0. The van der Waals surface area contributed by atoms with Crippen LogP contribution in [0.2, 0.25) is 0 Å². The molecule has 0 radical (unpaired) electrons. The average Bonchev–Trinajstić information content (AvgIpc) is 2.17. The summed E-state index contributed by atoms with van der Waals surface area (Å²) in [6, 6.07) is 8.83. The standard InChI is InChI=1S/C13H17NO/c1-10-4-3-5-12(8-10)14-7-6-13(15)9-11(14)2/h3-5,8,11H,6-7,9H2,1-2H3. The molecule has 0 spiro atoms. The second kappa shape index (κ2) is 4.05. The number of nitrogens with zero attached hydrogens (tertiary/aromatic N) is 1. The lowest BCUT2D eigenvalue weighted by Crippen LogP contribution is -2.41. The summed E-state index contributed by atoms with van der Waals surface area (Å²) in [5.41, 5.74) is 2.52. The van der Waals surface area contributed by atoms with E-state index in [1.54, 1.807) is 0 Å². The van der Waals surface area contributed by atoms with Crippen molar-refractivity contribution < 1.29 is 4.79 Å². The summed E-state index contributed by atoms with van der Waals surface area (Å²) < 4.78 is 0. The Labute approximate surface area is 90.9 Å². The molecule has 0 saturated carbocycles. The van der Waals surface area contributed by atoms with Gasteiger partial charge in [-0.15, -0.1) is 0 Å². The van der Waals surface area contributed by atoms with Crippen LogP contribution in [0.25, 0.3) is 0 Å². The Hall–Kier alpha value is -1.31. The molecule has 2 rings (SSSR count). The number of hydrogen-bond acceptors (Lipinski definition) is 2. The van der Waals surface area contributed by atoms with Crippen LogP contribution < -0.4 is 4.90 Å². The van der Waals surface area contributed by atoms with Crippen LogP contribution in [0.1, 0.15) is 25.3 Å². The molecule has 80 valence electrons. The fourth-order valence-corrected chi connectivity index (χ4v) is 2.20. The van der Waals surface area contributed by atoms with E-state index in [1.807, 2.05) is 0 Å². The van der Waals surface area contributed by atoms with Gasteiger partial charge < -0.3 is 4.90 Å². The third kappa shape index (κ3) is 2.20. The third-order valence-corrected chi connectivity index (χ3v) is 3.02. The summed E-state index contributed by atoms with van der Waals surface area (Å²) in [6.07, 6.45) is 1.38. The second-order valence-electron chi connectivity index (χ2n) is 4.37. The maximum atomic E-state index is 11.3. The highest BCUT2D eigenvalue weighted by Gasteiger charge is 2.23. The fourth-order valence-electron chi connectivity index (χ4n) is 2.20. The molecule has 0 N–H and O–H groups in total. The molecule has 0 bridgehead atoms. The van der Waals surface area contributed by atoms with Crippen molar-refractivity contribution in [3.05, 3.63) is 29.8 Å². The number of carbonyl (C=O) groups is 1. The summed E-state index contributed by atoms with van der Waals surface area (Å²) in [6.45, 7) is 5.09. The lowest BCUT2D eigenvalue weighted by Gasteiger charge is -2.34. The molecule has 0 amide bonds. The van der Waals surface area contributed by atoms with E-state index >= 15 is 0 Å². The number of piperidine rings is 1. The van der Waals surface area contributed by atoms with Crippen LogP contribution in [0.3, 0.4) is 0 Å². The normalized spacial score (nSPS) is 21.9. The highest BCUT2D eigenvalue weighted by Crippen LogP contribution is 2.23. The van der Waals surface area contributed by atoms with Crippen LogP contribution in [0, 0.1) is 6.92 Å². The van der Waals surface area contributed by atoms with Gasteiger partial charge in [-0.25, -0.2) is 0 Å². The zero-order valence-electron chi connectivity index (χ0n) is 9.36. The number of Topliss-reactive ketones (excluding diaryl/α,β-unsaturated/α-hetero) is 1. The van der Waals surface area contributed by atoms with Crippen LogP contribution in [0.5, 0.6) is 0 Å². The number of carbonyl (C=O) groups excluding carboxylic acids is 1. The maximum absolute atomic E-state index is 11.3. The van der Waals surface area contributed by atoms with Gasteiger partial charge >= 0.3 is 0 Å². The van der Waals surface area contributed by atoms with E-state index in [0.717, 1.165) is 6.54 Å². The second-order valence-corrected chi connectivity index (χ2v) is 4.37. The molecule has 1 aliphatic rings. The van der Waals surface area contributed by atoms with E-state index in [-0.39, 0.29) is 0 Å². The summed E-state index contributed by atoms with van der Waals surface area (Å²) in [4.78, 5) is 13.6. The lowest BCUT2D eigenvalue weighted by molar-refractivity contribution is -0.120. The average molecular weight is 203 g/mol. The molecule has 0 aromatic heterocycles. The summed E-state index contributed by atoms with van der Waals surface area (Å²) >= 11 is 0. The molecule has 1 saturated heterocycles. The minimum atomic E-state index is 0.341. The highest BCUT2D eigenvalue weighted by atomic mass is 16.1. The largest absolute Gasteiger partial charge is 0.368 e. The zero-order valence-corrected chi connectivity index (χ0v) is 9.36. The van der Waals surface area contributed by atoms with E-state index in [2.05, 4.69) is 43.0 Å². The third-order valence-electron chi connectivity index (χ3n) is 3.02. The van der Waals surface area contributed by atoms with Crippen LogP contribution in [0.15, 0.2) is 24.3 Å². The first-order chi connectivity index (χ1) is 7.16. The van der Waals surface area contributed by atoms with Crippen molar-refractivity contribution in [1.29, 1.82) is 0 Å². The Bertz CT molecular complexity index is 373. The minimum absolute atomic E-state index is 0.341. The molecule has 2 nitrogen and oxygen atoms in total. The molecular formula is C13H17NO. The summed E-state index contributed by atoms with van der Waals surface area (Å²) in [7, 11) is 0. The van der Waals surface area contributed by atoms with Gasteiger partial charge in [0, 0.05) is 31.1 Å². The SMILES string of the molecule is Cc1cccc(N2CCC(=O)CC2C)c1. The van der Waals surface area contributed by atoms with Crippen LogP contribution in [-0.4, -0.2) is 18.4 Å². The monoisotopic (exact) mass is 203 g/mol. The molecule has 1 heterocycles. The Kier molecular flexibility index (Phi) is 2.76. The number of anilines is 1. The van der Waals surface area contributed by atoms with E-state index in [1.165, 1.54) is 11.3 Å². The number of hydrogen-bond donors (Lipinski definition) is 0. The van der Waals surface area contributed by atoms with Gasteiger partial charge in [0.15, 0.2) is 0 Å². The van der Waals surface area contributed by atoms with Crippen LogP contribution >= 0.6 is 0 Å². The van der Waals surface area contributed by atoms with E-state index in [0.29, 0.717) is 24.7 Å². The molecule has 0 aliphatic carbocycles. The molecule has 1 fully saturated rings. The molecule has 1 aliphatic heterocycles. The fraction of sp³-hybridized carbons (Fsp3) is 0.462. The van der Waals surface area contributed by atoms with Crippen molar-refractivity contribution in [3.63, 3.8) is 0 Å². The zero-order chi connectivity index (χ0) is 10.8. The van der Waals surface area contributed by atoms with Crippen molar-refractivity contribution in [2.24, 2.45) is 0 Å². The molecule has 1 aromatic rings. The molecular weight excluding hydrogens is 186 g/mol. The minimum Gasteiger partial charge on any atom is -0.368 e.